The van der Waals surface area contributed by atoms with Crippen LogP contribution in [-0.2, 0) is 26.8 Å². The molecule has 0 radical (unpaired) electrons. The number of aliphatic hydroxyl groups excluding tert-OH is 2. The number of esters is 1. The fourth-order valence-electron chi connectivity index (χ4n) is 2.72. The third-order valence-corrected chi connectivity index (χ3v) is 4.30. The van der Waals surface area contributed by atoms with Crippen LogP contribution in [0, 0.1) is 0 Å². The summed E-state index contributed by atoms with van der Waals surface area (Å²) >= 11 is 0. The maximum atomic E-state index is 11.9. The third kappa shape index (κ3) is 6.61. The van der Waals surface area contributed by atoms with Crippen LogP contribution in [0.4, 0.5) is 0 Å². The molecule has 5 nitrogen and oxygen atoms in total. The van der Waals surface area contributed by atoms with Crippen LogP contribution >= 0.6 is 0 Å². The first-order valence-electron chi connectivity index (χ1n) is 9.17. The fourth-order valence-corrected chi connectivity index (χ4v) is 2.72. The van der Waals surface area contributed by atoms with E-state index in [9.17, 15) is 15.0 Å². The number of benzene rings is 1. The number of aromatic hydroxyl groups is 1. The summed E-state index contributed by atoms with van der Waals surface area (Å²) in [6.45, 7) is 12.1. The zero-order valence-corrected chi connectivity index (χ0v) is 16.9. The summed E-state index contributed by atoms with van der Waals surface area (Å²) in [5, 5.41) is 29.0. The zero-order chi connectivity index (χ0) is 20.1. The Morgan fingerprint density at radius 1 is 1.08 bits per heavy atom. The van der Waals surface area contributed by atoms with E-state index in [4.69, 9.17) is 9.84 Å². The second kappa shape index (κ2) is 8.87. The summed E-state index contributed by atoms with van der Waals surface area (Å²) in [5.41, 5.74) is 2.29. The van der Waals surface area contributed by atoms with Crippen LogP contribution in [0.15, 0.2) is 12.1 Å². The van der Waals surface area contributed by atoms with Crippen LogP contribution < -0.4 is 0 Å². The molecule has 0 saturated heterocycles. The van der Waals surface area contributed by atoms with E-state index in [0.717, 1.165) is 16.7 Å². The van der Waals surface area contributed by atoms with Crippen LogP contribution in [0.1, 0.15) is 71.1 Å². The van der Waals surface area contributed by atoms with Gasteiger partial charge in [0.25, 0.3) is 0 Å². The van der Waals surface area contributed by atoms with Gasteiger partial charge in [-0.3, -0.25) is 4.79 Å². The van der Waals surface area contributed by atoms with Crippen molar-refractivity contribution in [1.29, 1.82) is 0 Å². The molecule has 26 heavy (non-hydrogen) atoms. The molecule has 1 aromatic rings. The second-order valence-corrected chi connectivity index (χ2v) is 8.89. The Labute approximate surface area is 157 Å². The van der Waals surface area contributed by atoms with Crippen LogP contribution in [0.3, 0.4) is 0 Å². The van der Waals surface area contributed by atoms with Gasteiger partial charge in [0.15, 0.2) is 0 Å². The predicted octanol–water partition coefficient (Wildman–Crippen LogP) is 3.21. The van der Waals surface area contributed by atoms with Gasteiger partial charge in [-0.2, -0.15) is 0 Å². The van der Waals surface area contributed by atoms with Crippen LogP contribution in [0.2, 0.25) is 0 Å². The maximum absolute atomic E-state index is 11.9. The minimum atomic E-state index is -0.836. The highest BCUT2D eigenvalue weighted by atomic mass is 16.5. The molecule has 5 heteroatoms. The summed E-state index contributed by atoms with van der Waals surface area (Å²) < 4.78 is 5.05. The lowest BCUT2D eigenvalue weighted by Crippen LogP contribution is -2.20. The highest BCUT2D eigenvalue weighted by molar-refractivity contribution is 5.69. The average Bonchev–Trinajstić information content (AvgIpc) is 2.49. The summed E-state index contributed by atoms with van der Waals surface area (Å²) in [6, 6.07) is 3.91. The molecule has 1 aromatic carbocycles. The largest absolute Gasteiger partial charge is 0.507 e. The van der Waals surface area contributed by atoms with Crippen molar-refractivity contribution in [3.8, 4) is 5.75 Å². The number of aryl methyl sites for hydroxylation is 1. The van der Waals surface area contributed by atoms with Gasteiger partial charge in [0.1, 0.15) is 12.4 Å². The van der Waals surface area contributed by atoms with E-state index in [1.165, 1.54) is 0 Å². The van der Waals surface area contributed by atoms with E-state index >= 15 is 0 Å². The highest BCUT2D eigenvalue weighted by Gasteiger charge is 2.26. The first-order chi connectivity index (χ1) is 11.9. The molecule has 1 atom stereocenters. The molecule has 0 aliphatic rings. The fraction of sp³-hybridized carbons (Fsp3) is 0.667. The zero-order valence-electron chi connectivity index (χ0n) is 16.9. The van der Waals surface area contributed by atoms with Gasteiger partial charge in [0, 0.05) is 13.0 Å². The lowest BCUT2D eigenvalue weighted by atomic mass is 9.78. The Balaban J connectivity index is 2.91. The minimum absolute atomic E-state index is 0.102. The first kappa shape index (κ1) is 22.5. The molecular weight excluding hydrogens is 332 g/mol. The standard InChI is InChI=1S/C21H34O5/c1-20(2,3)16-11-14(12-17(19(16)25)21(4,5)6)7-8-18(24)26-13-15(23)9-10-22/h11-12,15,22-23,25H,7-10,13H2,1-6H3. The summed E-state index contributed by atoms with van der Waals surface area (Å²) in [4.78, 5) is 11.9. The monoisotopic (exact) mass is 366 g/mol. The summed E-state index contributed by atoms with van der Waals surface area (Å²) in [5.74, 6) is -0.0619. The van der Waals surface area contributed by atoms with Crippen molar-refractivity contribution in [2.45, 2.75) is 77.7 Å². The van der Waals surface area contributed by atoms with Crippen molar-refractivity contribution in [2.24, 2.45) is 0 Å². The van der Waals surface area contributed by atoms with Crippen molar-refractivity contribution in [2.75, 3.05) is 13.2 Å². The van der Waals surface area contributed by atoms with Crippen molar-refractivity contribution in [3.63, 3.8) is 0 Å². The van der Waals surface area contributed by atoms with E-state index < -0.39 is 6.10 Å². The molecule has 0 fully saturated rings. The topological polar surface area (TPSA) is 87.0 Å². The van der Waals surface area contributed by atoms with Crippen molar-refractivity contribution in [3.05, 3.63) is 28.8 Å². The molecule has 1 unspecified atom stereocenters. The average molecular weight is 366 g/mol. The van der Waals surface area contributed by atoms with Gasteiger partial charge in [-0.05, 0) is 40.4 Å². The van der Waals surface area contributed by atoms with E-state index in [1.807, 2.05) is 12.1 Å². The summed E-state index contributed by atoms with van der Waals surface area (Å²) in [6.07, 6.45) is 0.0536. The molecule has 0 aliphatic heterocycles. The van der Waals surface area contributed by atoms with E-state index in [2.05, 4.69) is 41.5 Å². The number of phenols is 1. The van der Waals surface area contributed by atoms with Crippen LogP contribution in [0.25, 0.3) is 0 Å². The van der Waals surface area contributed by atoms with Crippen molar-refractivity contribution >= 4 is 5.97 Å². The Hall–Kier alpha value is -1.59. The van der Waals surface area contributed by atoms with E-state index in [-0.39, 0.29) is 42.9 Å². The second-order valence-electron chi connectivity index (χ2n) is 8.89. The molecule has 0 spiro atoms. The van der Waals surface area contributed by atoms with Crippen LogP contribution in [-0.4, -0.2) is 40.6 Å². The van der Waals surface area contributed by atoms with E-state index in [1.54, 1.807) is 0 Å². The first-order valence-corrected chi connectivity index (χ1v) is 9.17. The van der Waals surface area contributed by atoms with Gasteiger partial charge >= 0.3 is 5.97 Å². The molecule has 0 saturated carbocycles. The Morgan fingerprint density at radius 3 is 2.00 bits per heavy atom. The molecule has 3 N–H and O–H groups in total. The highest BCUT2D eigenvalue weighted by Crippen LogP contribution is 2.39. The molecule has 0 bridgehead atoms. The smallest absolute Gasteiger partial charge is 0.306 e. The molecular formula is C21H34O5. The van der Waals surface area contributed by atoms with Gasteiger partial charge in [-0.25, -0.2) is 0 Å². The van der Waals surface area contributed by atoms with Gasteiger partial charge in [-0.1, -0.05) is 53.7 Å². The van der Waals surface area contributed by atoms with Gasteiger partial charge in [0.05, 0.1) is 6.10 Å². The number of ether oxygens (including phenoxy) is 1. The Morgan fingerprint density at radius 2 is 1.58 bits per heavy atom. The van der Waals surface area contributed by atoms with E-state index in [0.29, 0.717) is 12.2 Å². The minimum Gasteiger partial charge on any atom is -0.507 e. The number of aliphatic hydroxyl groups is 2. The van der Waals surface area contributed by atoms with Gasteiger partial charge in [0.2, 0.25) is 0 Å². The van der Waals surface area contributed by atoms with Crippen molar-refractivity contribution in [1.82, 2.24) is 0 Å². The normalized spacial score (nSPS) is 13.5. The Bertz CT molecular complexity index is 573. The predicted molar refractivity (Wildman–Crippen MR) is 102 cm³/mol. The Kier molecular flexibility index (Phi) is 7.66. The van der Waals surface area contributed by atoms with Gasteiger partial charge < -0.3 is 20.1 Å². The molecule has 1 rings (SSSR count). The quantitative estimate of drug-likeness (QED) is 0.645. The van der Waals surface area contributed by atoms with Crippen molar-refractivity contribution < 1.29 is 24.9 Å². The molecule has 0 heterocycles. The van der Waals surface area contributed by atoms with Gasteiger partial charge in [-0.15, -0.1) is 0 Å². The third-order valence-electron chi connectivity index (χ3n) is 4.30. The number of hydrogen-bond donors (Lipinski definition) is 3. The number of phenolic OH excluding ortho intramolecular Hbond substituents is 1. The van der Waals surface area contributed by atoms with Crippen LogP contribution in [0.5, 0.6) is 5.75 Å². The lowest BCUT2D eigenvalue weighted by Gasteiger charge is -2.28. The lowest BCUT2D eigenvalue weighted by molar-refractivity contribution is -0.146. The molecule has 0 aliphatic carbocycles. The number of hydrogen-bond acceptors (Lipinski definition) is 5. The number of carbonyl (C=O) groups excluding carboxylic acids is 1. The molecule has 0 aromatic heterocycles. The molecule has 148 valence electrons. The number of rotatable bonds is 7. The maximum Gasteiger partial charge on any atom is 0.306 e. The SMILES string of the molecule is CC(C)(C)c1cc(CCC(=O)OCC(O)CCO)cc(C(C)(C)C)c1O. The molecule has 0 amide bonds. The number of carbonyl (C=O) groups is 1. The summed E-state index contributed by atoms with van der Waals surface area (Å²) in [7, 11) is 0.